The molecule has 0 amide bonds. The SMILES string of the molecule is O=CC=C1C=C(c2ccccc2)C=C(c2ccccc2)O1. The van der Waals surface area contributed by atoms with Crippen molar-refractivity contribution in [2.24, 2.45) is 0 Å². The fourth-order valence-corrected chi connectivity index (χ4v) is 2.21. The van der Waals surface area contributed by atoms with Crippen LogP contribution in [0.2, 0.25) is 0 Å². The van der Waals surface area contributed by atoms with E-state index in [1.165, 1.54) is 6.08 Å². The summed E-state index contributed by atoms with van der Waals surface area (Å²) < 4.78 is 5.78. The summed E-state index contributed by atoms with van der Waals surface area (Å²) in [7, 11) is 0. The number of allylic oxidation sites excluding steroid dienone is 4. The Labute approximate surface area is 123 Å². The second kappa shape index (κ2) is 6.06. The first-order valence-corrected chi connectivity index (χ1v) is 6.74. The van der Waals surface area contributed by atoms with Crippen molar-refractivity contribution in [2.75, 3.05) is 0 Å². The first-order chi connectivity index (χ1) is 10.4. The minimum atomic E-state index is 0.546. The molecule has 0 saturated carbocycles. The highest BCUT2D eigenvalue weighted by atomic mass is 16.5. The molecule has 0 unspecified atom stereocenters. The summed E-state index contributed by atoms with van der Waals surface area (Å²) in [5.41, 5.74) is 3.09. The van der Waals surface area contributed by atoms with Gasteiger partial charge < -0.3 is 4.74 Å². The molecule has 2 aromatic carbocycles. The van der Waals surface area contributed by atoms with Gasteiger partial charge in [-0.05, 0) is 23.3 Å². The molecule has 0 aliphatic carbocycles. The first kappa shape index (κ1) is 13.1. The molecule has 102 valence electrons. The molecule has 1 aliphatic rings. The smallest absolute Gasteiger partial charge is 0.146 e. The van der Waals surface area contributed by atoms with Gasteiger partial charge in [-0.25, -0.2) is 0 Å². The van der Waals surface area contributed by atoms with Crippen molar-refractivity contribution in [2.45, 2.75) is 0 Å². The lowest BCUT2D eigenvalue weighted by atomic mass is 10.0. The molecule has 2 heteroatoms. The summed E-state index contributed by atoms with van der Waals surface area (Å²) in [5, 5.41) is 0. The maximum atomic E-state index is 10.8. The molecule has 0 bridgehead atoms. The van der Waals surface area contributed by atoms with Gasteiger partial charge >= 0.3 is 0 Å². The Bertz CT molecular complexity index is 723. The van der Waals surface area contributed by atoms with Crippen LogP contribution in [0, 0.1) is 0 Å². The standard InChI is InChI=1S/C19H14O2/c20-12-11-18-13-17(15-7-3-1-4-8-15)14-19(21-18)16-9-5-2-6-10-16/h1-14H. The van der Waals surface area contributed by atoms with Crippen LogP contribution in [0.5, 0.6) is 0 Å². The second-order valence-electron chi connectivity index (χ2n) is 4.65. The van der Waals surface area contributed by atoms with E-state index in [2.05, 4.69) is 0 Å². The number of ether oxygens (including phenoxy) is 1. The Kier molecular flexibility index (Phi) is 3.79. The zero-order valence-corrected chi connectivity index (χ0v) is 11.4. The van der Waals surface area contributed by atoms with Crippen molar-refractivity contribution in [3.8, 4) is 0 Å². The van der Waals surface area contributed by atoms with E-state index in [-0.39, 0.29) is 0 Å². The zero-order valence-electron chi connectivity index (χ0n) is 11.4. The molecule has 0 spiro atoms. The number of hydrogen-bond donors (Lipinski definition) is 0. The summed E-state index contributed by atoms with van der Waals surface area (Å²) in [6, 6.07) is 19.9. The third-order valence-electron chi connectivity index (χ3n) is 3.21. The van der Waals surface area contributed by atoms with Crippen molar-refractivity contribution in [3.63, 3.8) is 0 Å². The number of carbonyl (C=O) groups is 1. The van der Waals surface area contributed by atoms with Gasteiger partial charge in [0, 0.05) is 11.6 Å². The molecule has 0 radical (unpaired) electrons. The van der Waals surface area contributed by atoms with Crippen LogP contribution in [-0.2, 0) is 9.53 Å². The van der Waals surface area contributed by atoms with Gasteiger partial charge in [-0.2, -0.15) is 0 Å². The molecule has 3 rings (SSSR count). The van der Waals surface area contributed by atoms with Crippen LogP contribution < -0.4 is 0 Å². The minimum absolute atomic E-state index is 0.546. The number of carbonyl (C=O) groups excluding carboxylic acids is 1. The maximum absolute atomic E-state index is 10.8. The molecule has 0 aromatic heterocycles. The lowest BCUT2D eigenvalue weighted by Gasteiger charge is -2.17. The Hall–Kier alpha value is -2.87. The number of benzene rings is 2. The van der Waals surface area contributed by atoms with E-state index in [4.69, 9.17) is 4.74 Å². The summed E-state index contributed by atoms with van der Waals surface area (Å²) in [6.45, 7) is 0. The average molecular weight is 274 g/mol. The summed E-state index contributed by atoms with van der Waals surface area (Å²) in [6.07, 6.45) is 6.03. The molecule has 1 aliphatic heterocycles. The highest BCUT2D eigenvalue weighted by molar-refractivity contribution is 5.86. The lowest BCUT2D eigenvalue weighted by Crippen LogP contribution is -1.99. The van der Waals surface area contributed by atoms with E-state index in [1.54, 1.807) is 0 Å². The molecule has 2 aromatic rings. The lowest BCUT2D eigenvalue weighted by molar-refractivity contribution is -0.104. The molecular formula is C19H14O2. The Balaban J connectivity index is 2.06. The monoisotopic (exact) mass is 274 g/mol. The predicted molar refractivity (Wildman–Crippen MR) is 84.1 cm³/mol. The topological polar surface area (TPSA) is 26.3 Å². The second-order valence-corrected chi connectivity index (χ2v) is 4.65. The molecule has 0 fully saturated rings. The van der Waals surface area contributed by atoms with Crippen LogP contribution in [0.25, 0.3) is 11.3 Å². The van der Waals surface area contributed by atoms with E-state index < -0.39 is 0 Å². The quantitative estimate of drug-likeness (QED) is 0.618. The minimum Gasteiger partial charge on any atom is -0.457 e. The van der Waals surface area contributed by atoms with Gasteiger partial charge in [0.2, 0.25) is 0 Å². The van der Waals surface area contributed by atoms with Gasteiger partial charge in [-0.1, -0.05) is 60.7 Å². The Morgan fingerprint density at radius 2 is 1.38 bits per heavy atom. The summed E-state index contributed by atoms with van der Waals surface area (Å²) in [4.78, 5) is 10.8. The molecule has 0 saturated heterocycles. The fraction of sp³-hybridized carbons (Fsp3) is 0. The largest absolute Gasteiger partial charge is 0.457 e. The molecule has 0 N–H and O–H groups in total. The third-order valence-corrected chi connectivity index (χ3v) is 3.21. The van der Waals surface area contributed by atoms with Crippen molar-refractivity contribution < 1.29 is 9.53 Å². The van der Waals surface area contributed by atoms with Crippen LogP contribution in [0.4, 0.5) is 0 Å². The molecule has 1 heterocycles. The van der Waals surface area contributed by atoms with E-state index in [0.717, 1.165) is 28.7 Å². The highest BCUT2D eigenvalue weighted by Gasteiger charge is 2.13. The van der Waals surface area contributed by atoms with E-state index in [0.29, 0.717) is 5.76 Å². The van der Waals surface area contributed by atoms with E-state index in [1.807, 2.05) is 72.8 Å². The molecule has 21 heavy (non-hydrogen) atoms. The van der Waals surface area contributed by atoms with Crippen LogP contribution in [0.15, 0.2) is 84.7 Å². The highest BCUT2D eigenvalue weighted by Crippen LogP contribution is 2.31. The summed E-state index contributed by atoms with van der Waals surface area (Å²) >= 11 is 0. The predicted octanol–water partition coefficient (Wildman–Crippen LogP) is 4.22. The van der Waals surface area contributed by atoms with Gasteiger partial charge in [-0.3, -0.25) is 4.79 Å². The van der Waals surface area contributed by atoms with Gasteiger partial charge in [0.25, 0.3) is 0 Å². The van der Waals surface area contributed by atoms with Crippen LogP contribution in [-0.4, -0.2) is 6.29 Å². The normalized spacial score (nSPS) is 15.9. The fourth-order valence-electron chi connectivity index (χ4n) is 2.21. The third kappa shape index (κ3) is 3.00. The molecule has 0 atom stereocenters. The van der Waals surface area contributed by atoms with E-state index in [9.17, 15) is 4.79 Å². The first-order valence-electron chi connectivity index (χ1n) is 6.74. The van der Waals surface area contributed by atoms with Crippen LogP contribution >= 0.6 is 0 Å². The van der Waals surface area contributed by atoms with Crippen LogP contribution in [0.3, 0.4) is 0 Å². The van der Waals surface area contributed by atoms with Gasteiger partial charge in [-0.15, -0.1) is 0 Å². The maximum Gasteiger partial charge on any atom is 0.146 e. The van der Waals surface area contributed by atoms with Crippen molar-refractivity contribution >= 4 is 17.6 Å². The van der Waals surface area contributed by atoms with Gasteiger partial charge in [0.05, 0.1) is 0 Å². The zero-order chi connectivity index (χ0) is 14.5. The Morgan fingerprint density at radius 3 is 2.00 bits per heavy atom. The van der Waals surface area contributed by atoms with Crippen molar-refractivity contribution in [1.82, 2.24) is 0 Å². The van der Waals surface area contributed by atoms with Crippen LogP contribution in [0.1, 0.15) is 11.1 Å². The average Bonchev–Trinajstić information content (AvgIpc) is 2.56. The molecular weight excluding hydrogens is 260 g/mol. The van der Waals surface area contributed by atoms with Crippen molar-refractivity contribution in [3.05, 3.63) is 95.8 Å². The summed E-state index contributed by atoms with van der Waals surface area (Å²) in [5.74, 6) is 1.29. The Morgan fingerprint density at radius 1 is 0.762 bits per heavy atom. The van der Waals surface area contributed by atoms with Crippen molar-refractivity contribution in [1.29, 1.82) is 0 Å². The van der Waals surface area contributed by atoms with Gasteiger partial charge in [0.15, 0.2) is 0 Å². The number of rotatable bonds is 3. The molecule has 2 nitrogen and oxygen atoms in total. The van der Waals surface area contributed by atoms with Gasteiger partial charge in [0.1, 0.15) is 17.8 Å². The number of hydrogen-bond acceptors (Lipinski definition) is 2. The number of aldehydes is 1. The van der Waals surface area contributed by atoms with E-state index >= 15 is 0 Å².